The highest BCUT2D eigenvalue weighted by atomic mass is 14.1. The highest BCUT2D eigenvalue weighted by Gasteiger charge is 2.19. The average molecular weight is 183 g/mol. The van der Waals surface area contributed by atoms with Crippen LogP contribution in [0.15, 0.2) is 0 Å². The molecule has 0 saturated carbocycles. The molecule has 0 N–H and O–H groups in total. The first-order valence-corrected chi connectivity index (χ1v) is 6.30. The second-order valence-electron chi connectivity index (χ2n) is 5.25. The molecule has 0 amide bonds. The van der Waals surface area contributed by atoms with Gasteiger partial charge in [0.1, 0.15) is 0 Å². The van der Waals surface area contributed by atoms with Crippen LogP contribution in [-0.4, -0.2) is 6.71 Å². The minimum absolute atomic E-state index is 0.0625. The lowest BCUT2D eigenvalue weighted by Gasteiger charge is -2.39. The van der Waals surface area contributed by atoms with Gasteiger partial charge < -0.3 is 0 Å². The lowest BCUT2D eigenvalue weighted by atomic mass is 9.28. The minimum atomic E-state index is 0.0625. The highest BCUT2D eigenvalue weighted by molar-refractivity contribution is 6.63. The van der Waals surface area contributed by atoms with Crippen molar-refractivity contribution in [3.8, 4) is 0 Å². The van der Waals surface area contributed by atoms with E-state index in [9.17, 15) is 0 Å². The Morgan fingerprint density at radius 1 is 0.692 bits per heavy atom. The minimum Gasteiger partial charge on any atom is -0.172 e. The zero-order valence-electron chi connectivity index (χ0n) is 10.6. The van der Waals surface area contributed by atoms with Crippen LogP contribution in [0, 0.1) is 0 Å². The summed E-state index contributed by atoms with van der Waals surface area (Å²) in [4.78, 5) is 0. The van der Waals surface area contributed by atoms with Crippen LogP contribution in [0.4, 0.5) is 0 Å². The van der Waals surface area contributed by atoms with Crippen molar-refractivity contribution in [3.63, 3.8) is 0 Å². The third-order valence-corrected chi connectivity index (χ3v) is 4.50. The number of rotatable bonds is 6. The highest BCUT2D eigenvalue weighted by Crippen LogP contribution is 2.35. The van der Waals surface area contributed by atoms with Crippen molar-refractivity contribution in [3.05, 3.63) is 0 Å². The first kappa shape index (κ1) is 13.1. The van der Waals surface area contributed by atoms with Crippen LogP contribution < -0.4 is 0 Å². The van der Waals surface area contributed by atoms with Gasteiger partial charge in [-0.05, 0) is 6.71 Å². The van der Waals surface area contributed by atoms with Gasteiger partial charge >= 0.3 is 0 Å². The van der Waals surface area contributed by atoms with Crippen LogP contribution in [0.3, 0.4) is 0 Å². The summed E-state index contributed by atoms with van der Waals surface area (Å²) in [5.41, 5.74) is 0. The van der Waals surface area contributed by atoms with E-state index in [4.69, 9.17) is 0 Å². The van der Waals surface area contributed by atoms with Gasteiger partial charge in [0.05, 0.1) is 0 Å². The maximum absolute atomic E-state index is 2.46. The van der Waals surface area contributed by atoms with Gasteiger partial charge in [0.2, 0.25) is 0 Å². The quantitative estimate of drug-likeness (QED) is 0.527. The first-order valence-electron chi connectivity index (χ1n) is 6.30. The van der Waals surface area contributed by atoms with Gasteiger partial charge in [0, 0.05) is 0 Å². The van der Waals surface area contributed by atoms with Crippen molar-refractivity contribution < 1.29 is 0 Å². The first-order chi connectivity index (χ1) is 6.08. The largest absolute Gasteiger partial charge is 0.172 e. The van der Waals surface area contributed by atoms with Gasteiger partial charge in [-0.3, -0.25) is 0 Å². The molecule has 0 unspecified atom stereocenters. The molecule has 0 spiro atoms. The molecule has 3 atom stereocenters. The molecule has 0 aliphatic carbocycles. The van der Waals surface area contributed by atoms with E-state index < -0.39 is 0 Å². The van der Waals surface area contributed by atoms with E-state index in [1.165, 1.54) is 19.3 Å². The summed E-state index contributed by atoms with van der Waals surface area (Å²) < 4.78 is 0. The molecule has 0 radical (unpaired) electrons. The monoisotopic (exact) mass is 183 g/mol. The second kappa shape index (κ2) is 6.51. The van der Waals surface area contributed by atoms with Gasteiger partial charge in [-0.15, -0.1) is 0 Å². The van der Waals surface area contributed by atoms with Crippen molar-refractivity contribution >= 4 is 6.71 Å². The summed E-state index contributed by atoms with van der Waals surface area (Å²) in [6.07, 6.45) is 4.11. The third-order valence-electron chi connectivity index (χ3n) is 4.50. The predicted octanol–water partition coefficient (Wildman–Crippen LogP) is 4.61. The standard InChI is InChI=1S/C12H28B/c1-7-10(4)13(11(5)8-2)12(6)9-3/h10-13H,7-9H2,1-6H3/q-1/t10-,11-,12+/m0/s1. The Bertz CT molecular complexity index is 98.5. The van der Waals surface area contributed by atoms with Crippen LogP contribution >= 0.6 is 0 Å². The van der Waals surface area contributed by atoms with E-state index in [-0.39, 0.29) is 6.71 Å². The Morgan fingerprint density at radius 3 is 1.08 bits per heavy atom. The Morgan fingerprint density at radius 2 is 0.923 bits per heavy atom. The molecule has 0 fully saturated rings. The number of hydrogen-bond acceptors (Lipinski definition) is 0. The molecule has 1 heteroatoms. The zero-order valence-corrected chi connectivity index (χ0v) is 10.6. The molecule has 80 valence electrons. The SMILES string of the molecule is CC[C@@H](C)[BH-]([C@@H](C)CC)[C@@H](C)CC. The lowest BCUT2D eigenvalue weighted by Crippen LogP contribution is -2.28. The molecule has 0 aromatic rings. The maximum Gasteiger partial charge on any atom is -0.00764 e. The van der Waals surface area contributed by atoms with Crippen LogP contribution in [-0.2, 0) is 0 Å². The fourth-order valence-electron chi connectivity index (χ4n) is 3.06. The molecular formula is C12H28B-. The molecule has 0 bridgehead atoms. The van der Waals surface area contributed by atoms with Crippen molar-refractivity contribution in [1.82, 2.24) is 0 Å². The molecule has 0 aliphatic heterocycles. The summed E-state index contributed by atoms with van der Waals surface area (Å²) in [6, 6.07) is 0. The molecule has 0 rings (SSSR count). The van der Waals surface area contributed by atoms with Crippen LogP contribution in [0.5, 0.6) is 0 Å². The van der Waals surface area contributed by atoms with Crippen LogP contribution in [0.25, 0.3) is 0 Å². The number of hydrogen-bond donors (Lipinski definition) is 0. The lowest BCUT2D eigenvalue weighted by molar-refractivity contribution is 0.720. The van der Waals surface area contributed by atoms with Gasteiger partial charge in [0.25, 0.3) is 0 Å². The Hall–Kier alpha value is 0.0649. The zero-order chi connectivity index (χ0) is 10.4. The third kappa shape index (κ3) is 3.75. The molecule has 0 aromatic heterocycles. The summed E-state index contributed by atoms with van der Waals surface area (Å²) in [5, 5.41) is 0. The summed E-state index contributed by atoms with van der Waals surface area (Å²) >= 11 is 0. The molecule has 0 aromatic carbocycles. The molecule has 0 heterocycles. The van der Waals surface area contributed by atoms with E-state index in [0.29, 0.717) is 0 Å². The van der Waals surface area contributed by atoms with Crippen molar-refractivity contribution in [2.24, 2.45) is 0 Å². The van der Waals surface area contributed by atoms with Crippen LogP contribution in [0.1, 0.15) is 60.8 Å². The molecule has 0 saturated heterocycles. The topological polar surface area (TPSA) is 0 Å². The van der Waals surface area contributed by atoms with E-state index in [0.717, 1.165) is 17.5 Å². The van der Waals surface area contributed by atoms with Gasteiger partial charge in [-0.2, -0.15) is 17.5 Å². The Labute approximate surface area is 85.6 Å². The Balaban J connectivity index is 4.34. The summed E-state index contributed by atoms with van der Waals surface area (Å²) in [7, 11) is 0. The van der Waals surface area contributed by atoms with Crippen molar-refractivity contribution in [2.75, 3.05) is 0 Å². The predicted molar refractivity (Wildman–Crippen MR) is 66.3 cm³/mol. The Kier molecular flexibility index (Phi) is 6.54. The molecular weight excluding hydrogens is 155 g/mol. The van der Waals surface area contributed by atoms with Gasteiger partial charge in [-0.1, -0.05) is 60.8 Å². The molecule has 0 aliphatic rings. The van der Waals surface area contributed by atoms with Crippen molar-refractivity contribution in [2.45, 2.75) is 78.3 Å². The second-order valence-corrected chi connectivity index (χ2v) is 5.25. The molecule has 13 heavy (non-hydrogen) atoms. The van der Waals surface area contributed by atoms with E-state index in [1.807, 2.05) is 0 Å². The normalized spacial score (nSPS) is 18.7. The van der Waals surface area contributed by atoms with E-state index in [2.05, 4.69) is 41.5 Å². The van der Waals surface area contributed by atoms with Gasteiger partial charge in [-0.25, -0.2) is 0 Å². The summed E-state index contributed by atoms with van der Waals surface area (Å²) in [5.74, 6) is 2.93. The van der Waals surface area contributed by atoms with Gasteiger partial charge in [0.15, 0.2) is 0 Å². The fourth-order valence-corrected chi connectivity index (χ4v) is 3.06. The maximum atomic E-state index is 2.46. The van der Waals surface area contributed by atoms with Crippen LogP contribution in [0.2, 0.25) is 17.5 Å². The van der Waals surface area contributed by atoms with Crippen molar-refractivity contribution in [1.29, 1.82) is 0 Å². The molecule has 0 nitrogen and oxygen atoms in total. The van der Waals surface area contributed by atoms with E-state index in [1.54, 1.807) is 0 Å². The average Bonchev–Trinajstić information content (AvgIpc) is 2.16. The smallest absolute Gasteiger partial charge is 0.00764 e. The fraction of sp³-hybridized carbons (Fsp3) is 1.00. The summed E-state index contributed by atoms with van der Waals surface area (Å²) in [6.45, 7) is 14.5. The van der Waals surface area contributed by atoms with E-state index >= 15 is 0 Å².